The van der Waals surface area contributed by atoms with Gasteiger partial charge in [0.2, 0.25) is 0 Å². The fraction of sp³-hybridized carbons (Fsp3) is 0.810. The summed E-state index contributed by atoms with van der Waals surface area (Å²) in [6, 6.07) is 0. The second-order valence-electron chi connectivity index (χ2n) is 7.29. The Bertz CT molecular complexity index is 355. The lowest BCUT2D eigenvalue weighted by Crippen LogP contribution is -2.27. The second kappa shape index (κ2) is 10.3. The highest BCUT2D eigenvalue weighted by Crippen LogP contribution is 2.42. The summed E-state index contributed by atoms with van der Waals surface area (Å²) in [5, 5.41) is 0. The first-order chi connectivity index (χ1) is 10.8. The van der Waals surface area contributed by atoms with Gasteiger partial charge in [-0.15, -0.1) is 0 Å². The van der Waals surface area contributed by atoms with Gasteiger partial charge in [0.1, 0.15) is 0 Å². The van der Waals surface area contributed by atoms with Crippen molar-refractivity contribution < 1.29 is 4.74 Å². The van der Waals surface area contributed by atoms with Crippen LogP contribution in [0.1, 0.15) is 78.1 Å². The molecule has 0 aromatic heterocycles. The molecule has 0 heterocycles. The molecule has 0 saturated carbocycles. The van der Waals surface area contributed by atoms with Gasteiger partial charge in [-0.05, 0) is 61.9 Å². The smallest absolute Gasteiger partial charge is 0.0466 e. The molecule has 0 aromatic rings. The van der Waals surface area contributed by atoms with Crippen molar-refractivity contribution in [2.75, 3.05) is 13.2 Å². The third-order valence-corrected chi connectivity index (χ3v) is 5.49. The van der Waals surface area contributed by atoms with Gasteiger partial charge in [-0.1, -0.05) is 57.8 Å². The Hall–Kier alpha value is -0.560. The van der Waals surface area contributed by atoms with Crippen molar-refractivity contribution in [1.82, 2.24) is 0 Å². The average Bonchev–Trinajstić information content (AvgIpc) is 2.55. The summed E-state index contributed by atoms with van der Waals surface area (Å²) < 4.78 is 5.54. The number of fused-ring (bicyclic) bond motifs is 1. The summed E-state index contributed by atoms with van der Waals surface area (Å²) in [5.74, 6) is 2.56. The molecule has 2 aliphatic rings. The van der Waals surface area contributed by atoms with Crippen LogP contribution in [0.3, 0.4) is 0 Å². The predicted molar refractivity (Wildman–Crippen MR) is 96.0 cm³/mol. The Balaban J connectivity index is 1.59. The number of rotatable bonds is 10. The molecule has 22 heavy (non-hydrogen) atoms. The third-order valence-electron chi connectivity index (χ3n) is 5.49. The molecular formula is C21H36O. The highest BCUT2D eigenvalue weighted by Gasteiger charge is 2.31. The van der Waals surface area contributed by atoms with Crippen LogP contribution in [0.2, 0.25) is 0 Å². The lowest BCUT2D eigenvalue weighted by atomic mass is 9.68. The molecule has 0 fully saturated rings. The van der Waals surface area contributed by atoms with Crippen LogP contribution in [0.15, 0.2) is 23.8 Å². The van der Waals surface area contributed by atoms with E-state index in [2.05, 4.69) is 32.1 Å². The molecule has 1 heteroatoms. The van der Waals surface area contributed by atoms with Crippen LogP contribution in [-0.2, 0) is 4.74 Å². The minimum absolute atomic E-state index is 0.780. The summed E-state index contributed by atoms with van der Waals surface area (Å²) in [4.78, 5) is 0. The van der Waals surface area contributed by atoms with E-state index in [4.69, 9.17) is 4.74 Å². The molecule has 0 saturated heterocycles. The van der Waals surface area contributed by atoms with Gasteiger partial charge in [0.05, 0.1) is 0 Å². The van der Waals surface area contributed by atoms with Crippen LogP contribution >= 0.6 is 0 Å². The van der Waals surface area contributed by atoms with E-state index >= 15 is 0 Å². The standard InChI is InChI=1S/C21H36O/c1-3-16-22-17-10-6-4-5-7-12-20-18(2)14-15-19-11-8-9-13-21(19)20/h11,14-15,18,20-21H,3-10,12-13,16-17H2,1-2H3. The molecule has 0 N–H and O–H groups in total. The molecular weight excluding hydrogens is 268 g/mol. The maximum absolute atomic E-state index is 5.54. The molecule has 0 amide bonds. The van der Waals surface area contributed by atoms with E-state index in [0.29, 0.717) is 0 Å². The van der Waals surface area contributed by atoms with Gasteiger partial charge < -0.3 is 4.74 Å². The summed E-state index contributed by atoms with van der Waals surface area (Å²) in [5.41, 5.74) is 1.66. The molecule has 3 unspecified atom stereocenters. The molecule has 1 nitrogen and oxygen atoms in total. The number of allylic oxidation sites excluding steroid dienone is 4. The maximum atomic E-state index is 5.54. The quantitative estimate of drug-likeness (QED) is 0.430. The van der Waals surface area contributed by atoms with Crippen LogP contribution in [0, 0.1) is 17.8 Å². The highest BCUT2D eigenvalue weighted by molar-refractivity contribution is 5.28. The van der Waals surface area contributed by atoms with Gasteiger partial charge >= 0.3 is 0 Å². The van der Waals surface area contributed by atoms with Crippen molar-refractivity contribution in [2.45, 2.75) is 78.1 Å². The van der Waals surface area contributed by atoms with Crippen molar-refractivity contribution in [3.63, 3.8) is 0 Å². The Morgan fingerprint density at radius 3 is 2.77 bits per heavy atom. The summed E-state index contributed by atoms with van der Waals surface area (Å²) >= 11 is 0. The van der Waals surface area contributed by atoms with Gasteiger partial charge in [0.15, 0.2) is 0 Å². The van der Waals surface area contributed by atoms with E-state index in [0.717, 1.165) is 37.4 Å². The molecule has 2 aliphatic carbocycles. The van der Waals surface area contributed by atoms with Crippen LogP contribution in [0.25, 0.3) is 0 Å². The zero-order chi connectivity index (χ0) is 15.6. The van der Waals surface area contributed by atoms with E-state index in [1.54, 1.807) is 5.57 Å². The van der Waals surface area contributed by atoms with Crippen molar-refractivity contribution in [3.05, 3.63) is 23.8 Å². The highest BCUT2D eigenvalue weighted by atomic mass is 16.5. The third kappa shape index (κ3) is 5.57. The minimum atomic E-state index is 0.780. The lowest BCUT2D eigenvalue weighted by Gasteiger charge is -2.37. The second-order valence-corrected chi connectivity index (χ2v) is 7.29. The van der Waals surface area contributed by atoms with E-state index in [-0.39, 0.29) is 0 Å². The molecule has 0 spiro atoms. The Kier molecular flexibility index (Phi) is 8.30. The fourth-order valence-corrected chi connectivity index (χ4v) is 4.17. The zero-order valence-electron chi connectivity index (χ0n) is 14.9. The SMILES string of the molecule is CCCOCCCCCCCC1C(C)C=CC2=CCCCC21. The molecule has 0 bridgehead atoms. The van der Waals surface area contributed by atoms with Gasteiger partial charge in [-0.25, -0.2) is 0 Å². The molecule has 3 atom stereocenters. The zero-order valence-corrected chi connectivity index (χ0v) is 14.9. The Morgan fingerprint density at radius 1 is 1.09 bits per heavy atom. The van der Waals surface area contributed by atoms with Crippen LogP contribution < -0.4 is 0 Å². The fourth-order valence-electron chi connectivity index (χ4n) is 4.17. The van der Waals surface area contributed by atoms with Gasteiger partial charge in [-0.3, -0.25) is 0 Å². The van der Waals surface area contributed by atoms with E-state index in [9.17, 15) is 0 Å². The number of unbranched alkanes of at least 4 members (excludes halogenated alkanes) is 4. The van der Waals surface area contributed by atoms with Crippen molar-refractivity contribution >= 4 is 0 Å². The number of hydrogen-bond donors (Lipinski definition) is 0. The molecule has 0 aromatic carbocycles. The molecule has 0 radical (unpaired) electrons. The minimum Gasteiger partial charge on any atom is -0.381 e. The Labute approximate surface area is 138 Å². The molecule has 126 valence electrons. The monoisotopic (exact) mass is 304 g/mol. The molecule has 2 rings (SSSR count). The van der Waals surface area contributed by atoms with E-state index in [1.165, 1.54) is 57.8 Å². The maximum Gasteiger partial charge on any atom is 0.0466 e. The summed E-state index contributed by atoms with van der Waals surface area (Å²) in [6.45, 7) is 6.50. The topological polar surface area (TPSA) is 9.23 Å². The largest absolute Gasteiger partial charge is 0.381 e. The first-order valence-electron chi connectivity index (χ1n) is 9.79. The van der Waals surface area contributed by atoms with Crippen LogP contribution in [0.5, 0.6) is 0 Å². The normalized spacial score (nSPS) is 27.5. The van der Waals surface area contributed by atoms with Gasteiger partial charge in [0.25, 0.3) is 0 Å². The lowest BCUT2D eigenvalue weighted by molar-refractivity contribution is 0.130. The van der Waals surface area contributed by atoms with Crippen LogP contribution in [-0.4, -0.2) is 13.2 Å². The van der Waals surface area contributed by atoms with Gasteiger partial charge in [-0.2, -0.15) is 0 Å². The first kappa shape index (κ1) is 17.8. The Morgan fingerprint density at radius 2 is 1.91 bits per heavy atom. The van der Waals surface area contributed by atoms with Crippen molar-refractivity contribution in [2.24, 2.45) is 17.8 Å². The van der Waals surface area contributed by atoms with Crippen molar-refractivity contribution in [1.29, 1.82) is 0 Å². The predicted octanol–water partition coefficient (Wildman–Crippen LogP) is 6.30. The van der Waals surface area contributed by atoms with E-state index < -0.39 is 0 Å². The summed E-state index contributed by atoms with van der Waals surface area (Å²) in [7, 11) is 0. The number of ether oxygens (including phenoxy) is 1. The van der Waals surface area contributed by atoms with Crippen molar-refractivity contribution in [3.8, 4) is 0 Å². The van der Waals surface area contributed by atoms with Gasteiger partial charge in [0, 0.05) is 13.2 Å². The van der Waals surface area contributed by atoms with Crippen LogP contribution in [0.4, 0.5) is 0 Å². The number of hydrogen-bond acceptors (Lipinski definition) is 1. The molecule has 0 aliphatic heterocycles. The average molecular weight is 305 g/mol. The van der Waals surface area contributed by atoms with E-state index in [1.807, 2.05) is 0 Å². The first-order valence-corrected chi connectivity index (χ1v) is 9.79. The summed E-state index contributed by atoms with van der Waals surface area (Å²) in [6.07, 6.45) is 20.9.